The number of piperazine rings is 1. The van der Waals surface area contributed by atoms with Gasteiger partial charge in [-0.3, -0.25) is 4.79 Å². The van der Waals surface area contributed by atoms with E-state index in [1.165, 1.54) is 17.2 Å². The average molecular weight is 206 g/mol. The first-order chi connectivity index (χ1) is 7.33. The number of rotatable bonds is 1. The summed E-state index contributed by atoms with van der Waals surface area (Å²) in [4.78, 5) is 13.4. The zero-order valence-corrected chi connectivity index (χ0v) is 8.01. The second-order valence-electron chi connectivity index (χ2n) is 3.23. The van der Waals surface area contributed by atoms with Crippen LogP contribution < -0.4 is 5.32 Å². The van der Waals surface area contributed by atoms with Crippen LogP contribution in [0.5, 0.6) is 0 Å². The highest BCUT2D eigenvalue weighted by atomic mass is 16.5. The Balaban J connectivity index is 2.15. The van der Waals surface area contributed by atoms with Crippen molar-refractivity contribution in [3.63, 3.8) is 0 Å². The van der Waals surface area contributed by atoms with Gasteiger partial charge in [0.15, 0.2) is 5.69 Å². The number of aromatic nitrogens is 1. The summed E-state index contributed by atoms with van der Waals surface area (Å²) in [6.07, 6.45) is 1.34. The Morgan fingerprint density at radius 2 is 2.67 bits per heavy atom. The fraction of sp³-hybridized carbons (Fsp3) is 0.444. The smallest absolute Gasteiger partial charge is 0.277 e. The molecule has 2 heterocycles. The molecule has 1 aromatic rings. The van der Waals surface area contributed by atoms with Crippen LogP contribution in [0.1, 0.15) is 10.5 Å². The van der Waals surface area contributed by atoms with E-state index < -0.39 is 6.04 Å². The molecule has 6 nitrogen and oxygen atoms in total. The van der Waals surface area contributed by atoms with Crippen molar-refractivity contribution < 1.29 is 9.32 Å². The molecule has 15 heavy (non-hydrogen) atoms. The van der Waals surface area contributed by atoms with E-state index in [1.807, 2.05) is 0 Å². The summed E-state index contributed by atoms with van der Waals surface area (Å²) in [5.41, 5.74) is 0.247. The molecule has 1 aliphatic rings. The number of carbonyl (C=O) groups excluding carboxylic acids is 1. The van der Waals surface area contributed by atoms with Gasteiger partial charge in [-0.2, -0.15) is 5.26 Å². The Morgan fingerprint density at radius 1 is 1.80 bits per heavy atom. The summed E-state index contributed by atoms with van der Waals surface area (Å²) >= 11 is 0. The molecule has 0 aliphatic carbocycles. The third kappa shape index (κ3) is 1.82. The number of nitrogens with zero attached hydrogens (tertiary/aromatic N) is 3. The maximum absolute atomic E-state index is 11.9. The van der Waals surface area contributed by atoms with Crippen LogP contribution >= 0.6 is 0 Å². The molecular formula is C9H10N4O2. The van der Waals surface area contributed by atoms with Crippen LogP contribution in [-0.2, 0) is 0 Å². The molecule has 0 aromatic carbocycles. The Kier molecular flexibility index (Phi) is 2.65. The molecular weight excluding hydrogens is 196 g/mol. The van der Waals surface area contributed by atoms with E-state index in [4.69, 9.17) is 5.26 Å². The summed E-state index contributed by atoms with van der Waals surface area (Å²) in [7, 11) is 0. The molecule has 6 heteroatoms. The van der Waals surface area contributed by atoms with E-state index in [9.17, 15) is 4.79 Å². The number of hydrogen-bond acceptors (Lipinski definition) is 5. The van der Waals surface area contributed by atoms with Crippen LogP contribution in [0.15, 0.2) is 16.9 Å². The lowest BCUT2D eigenvalue weighted by Gasteiger charge is -2.31. The van der Waals surface area contributed by atoms with Gasteiger partial charge in [-0.1, -0.05) is 5.16 Å². The minimum atomic E-state index is -0.428. The number of nitriles is 1. The van der Waals surface area contributed by atoms with E-state index in [-0.39, 0.29) is 11.6 Å². The van der Waals surface area contributed by atoms with E-state index >= 15 is 0 Å². The van der Waals surface area contributed by atoms with Gasteiger partial charge in [-0.05, 0) is 0 Å². The van der Waals surface area contributed by atoms with Crippen LogP contribution in [0.4, 0.5) is 0 Å². The van der Waals surface area contributed by atoms with Crippen LogP contribution in [0.2, 0.25) is 0 Å². The minimum absolute atomic E-state index is 0.247. The fourth-order valence-corrected chi connectivity index (χ4v) is 1.53. The number of amides is 1. The van der Waals surface area contributed by atoms with Crippen molar-refractivity contribution in [2.45, 2.75) is 6.04 Å². The quantitative estimate of drug-likeness (QED) is 0.676. The van der Waals surface area contributed by atoms with E-state index in [0.29, 0.717) is 19.6 Å². The van der Waals surface area contributed by atoms with Crippen LogP contribution in [0.25, 0.3) is 0 Å². The molecule has 1 atom stereocenters. The monoisotopic (exact) mass is 206 g/mol. The van der Waals surface area contributed by atoms with Crippen molar-refractivity contribution in [2.24, 2.45) is 0 Å². The summed E-state index contributed by atoms with van der Waals surface area (Å²) in [5, 5.41) is 15.5. The van der Waals surface area contributed by atoms with Crippen molar-refractivity contribution in [3.8, 4) is 6.07 Å². The molecule has 1 saturated heterocycles. The molecule has 0 radical (unpaired) electrons. The average Bonchev–Trinajstić information content (AvgIpc) is 2.81. The summed E-state index contributed by atoms with van der Waals surface area (Å²) in [6.45, 7) is 1.71. The Morgan fingerprint density at radius 3 is 3.33 bits per heavy atom. The third-order valence-electron chi connectivity index (χ3n) is 2.31. The molecule has 1 fully saturated rings. The van der Waals surface area contributed by atoms with Gasteiger partial charge in [-0.15, -0.1) is 0 Å². The van der Waals surface area contributed by atoms with E-state index in [0.717, 1.165) is 0 Å². The van der Waals surface area contributed by atoms with Gasteiger partial charge in [0, 0.05) is 25.7 Å². The molecule has 0 spiro atoms. The zero-order valence-electron chi connectivity index (χ0n) is 8.01. The number of hydrogen-bond donors (Lipinski definition) is 1. The summed E-state index contributed by atoms with van der Waals surface area (Å²) < 4.78 is 4.60. The van der Waals surface area contributed by atoms with Crippen LogP contribution in [-0.4, -0.2) is 41.6 Å². The van der Waals surface area contributed by atoms with Crippen LogP contribution in [0.3, 0.4) is 0 Å². The van der Waals surface area contributed by atoms with Crippen molar-refractivity contribution >= 4 is 5.91 Å². The first-order valence-corrected chi connectivity index (χ1v) is 4.64. The lowest BCUT2D eigenvalue weighted by molar-refractivity contribution is 0.0676. The number of carbonyl (C=O) groups is 1. The van der Waals surface area contributed by atoms with Gasteiger partial charge in [-0.25, -0.2) is 0 Å². The molecule has 1 N–H and O–H groups in total. The van der Waals surface area contributed by atoms with E-state index in [1.54, 1.807) is 0 Å². The SMILES string of the molecule is N#CC1CNCCN1C(=O)c1ccon1. The summed E-state index contributed by atoms with van der Waals surface area (Å²) in [5.74, 6) is -0.253. The third-order valence-corrected chi connectivity index (χ3v) is 2.31. The van der Waals surface area contributed by atoms with Gasteiger partial charge in [0.05, 0.1) is 6.07 Å². The molecule has 1 unspecified atom stereocenters. The molecule has 0 saturated carbocycles. The second kappa shape index (κ2) is 4.11. The lowest BCUT2D eigenvalue weighted by Crippen LogP contribution is -2.53. The van der Waals surface area contributed by atoms with Crippen LogP contribution in [0, 0.1) is 11.3 Å². The fourth-order valence-electron chi connectivity index (χ4n) is 1.53. The largest absolute Gasteiger partial charge is 0.364 e. The van der Waals surface area contributed by atoms with Crippen molar-refractivity contribution in [2.75, 3.05) is 19.6 Å². The highest BCUT2D eigenvalue weighted by molar-refractivity contribution is 5.92. The van der Waals surface area contributed by atoms with Gasteiger partial charge in [0.25, 0.3) is 5.91 Å². The first kappa shape index (κ1) is 9.68. The molecule has 1 amide bonds. The maximum atomic E-state index is 11.9. The van der Waals surface area contributed by atoms with Crippen molar-refractivity contribution in [1.29, 1.82) is 5.26 Å². The first-order valence-electron chi connectivity index (χ1n) is 4.64. The Hall–Kier alpha value is -1.87. The molecule has 78 valence electrons. The van der Waals surface area contributed by atoms with Gasteiger partial charge in [0.2, 0.25) is 0 Å². The topological polar surface area (TPSA) is 82.2 Å². The highest BCUT2D eigenvalue weighted by Crippen LogP contribution is 2.08. The molecule has 1 aliphatic heterocycles. The zero-order chi connectivity index (χ0) is 10.7. The molecule has 0 bridgehead atoms. The molecule has 2 rings (SSSR count). The Labute approximate surface area is 86.4 Å². The minimum Gasteiger partial charge on any atom is -0.364 e. The van der Waals surface area contributed by atoms with Crippen molar-refractivity contribution in [3.05, 3.63) is 18.0 Å². The highest BCUT2D eigenvalue weighted by Gasteiger charge is 2.28. The normalized spacial score (nSPS) is 21.0. The van der Waals surface area contributed by atoms with E-state index in [2.05, 4.69) is 21.1 Å². The maximum Gasteiger partial charge on any atom is 0.277 e. The van der Waals surface area contributed by atoms with Gasteiger partial charge < -0.3 is 14.7 Å². The van der Waals surface area contributed by atoms with Gasteiger partial charge in [0.1, 0.15) is 12.3 Å². The van der Waals surface area contributed by atoms with Gasteiger partial charge >= 0.3 is 0 Å². The Bertz CT molecular complexity index is 381. The predicted octanol–water partition coefficient (Wildman–Crippen LogP) is -0.388. The second-order valence-corrected chi connectivity index (χ2v) is 3.23. The standard InChI is InChI=1S/C9H10N4O2/c10-5-7-6-11-2-3-13(7)9(14)8-1-4-15-12-8/h1,4,7,11H,2-3,6H2. The molecule has 1 aromatic heterocycles. The summed E-state index contributed by atoms with van der Waals surface area (Å²) in [6, 6.07) is 3.15. The van der Waals surface area contributed by atoms with Crippen molar-refractivity contribution in [1.82, 2.24) is 15.4 Å². The lowest BCUT2D eigenvalue weighted by atomic mass is 10.2. The predicted molar refractivity (Wildman–Crippen MR) is 49.8 cm³/mol. The number of nitrogens with one attached hydrogen (secondary N) is 1.